The van der Waals surface area contributed by atoms with Crippen LogP contribution < -0.4 is 5.32 Å². The zero-order valence-electron chi connectivity index (χ0n) is 11.1. The first kappa shape index (κ1) is 16.0. The summed E-state index contributed by atoms with van der Waals surface area (Å²) in [6.45, 7) is 2.79. The minimum Gasteiger partial charge on any atom is -0.395 e. The molecule has 5 nitrogen and oxygen atoms in total. The van der Waals surface area contributed by atoms with Gasteiger partial charge in [0.1, 0.15) is 11.6 Å². The Morgan fingerprint density at radius 3 is 2.90 bits per heavy atom. The van der Waals surface area contributed by atoms with E-state index in [1.165, 1.54) is 6.20 Å². The predicted molar refractivity (Wildman–Crippen MR) is 78.1 cm³/mol. The second kappa shape index (κ2) is 8.20. The van der Waals surface area contributed by atoms with Crippen molar-refractivity contribution in [1.82, 2.24) is 4.90 Å². The van der Waals surface area contributed by atoms with Crippen molar-refractivity contribution in [3.8, 4) is 6.07 Å². The number of nitrogens with one attached hydrogen (secondary N) is 1. The number of rotatable bonds is 6. The minimum absolute atomic E-state index is 0.0275. The number of likely N-dealkylation sites (N-methyl/N-ethyl adjacent to an activating group) is 1. The zero-order valence-corrected chi connectivity index (χ0v) is 11.9. The fourth-order valence-corrected chi connectivity index (χ4v) is 1.72. The molecule has 1 amide bonds. The molecule has 0 aliphatic rings. The zero-order chi connectivity index (χ0) is 15.0. The lowest BCUT2D eigenvalue weighted by Crippen LogP contribution is -2.23. The van der Waals surface area contributed by atoms with E-state index in [1.54, 1.807) is 29.2 Å². The van der Waals surface area contributed by atoms with Gasteiger partial charge in [0.25, 0.3) is 5.91 Å². The number of carbonyl (C=O) groups excluding carboxylic acids is 1. The molecule has 1 aromatic carbocycles. The normalized spacial score (nSPS) is 10.8. The molecule has 0 saturated carbocycles. The lowest BCUT2D eigenvalue weighted by molar-refractivity contribution is -0.112. The van der Waals surface area contributed by atoms with E-state index in [2.05, 4.69) is 5.32 Å². The first-order valence-electron chi connectivity index (χ1n) is 6.14. The average molecular weight is 294 g/mol. The van der Waals surface area contributed by atoms with E-state index in [0.29, 0.717) is 23.8 Å². The molecular weight excluding hydrogens is 278 g/mol. The average Bonchev–Trinajstić information content (AvgIpc) is 2.43. The van der Waals surface area contributed by atoms with Gasteiger partial charge in [-0.25, -0.2) is 0 Å². The van der Waals surface area contributed by atoms with Gasteiger partial charge >= 0.3 is 0 Å². The number of benzene rings is 1. The van der Waals surface area contributed by atoms with Crippen LogP contribution in [0.15, 0.2) is 36.0 Å². The maximum atomic E-state index is 12.0. The summed E-state index contributed by atoms with van der Waals surface area (Å²) in [6, 6.07) is 8.53. The molecule has 106 valence electrons. The number of nitriles is 1. The van der Waals surface area contributed by atoms with Crippen LogP contribution >= 0.6 is 11.6 Å². The summed E-state index contributed by atoms with van der Waals surface area (Å²) in [7, 11) is 0. The highest BCUT2D eigenvalue weighted by molar-refractivity contribution is 6.31. The molecule has 0 aliphatic carbocycles. The maximum Gasteiger partial charge on any atom is 0.267 e. The van der Waals surface area contributed by atoms with E-state index in [1.807, 2.05) is 13.0 Å². The number of nitrogens with zero attached hydrogens (tertiary/aromatic N) is 2. The summed E-state index contributed by atoms with van der Waals surface area (Å²) >= 11 is 5.82. The summed E-state index contributed by atoms with van der Waals surface area (Å²) in [5, 5.41) is 21.0. The van der Waals surface area contributed by atoms with Crippen LogP contribution in [0.3, 0.4) is 0 Å². The third-order valence-electron chi connectivity index (χ3n) is 2.55. The van der Waals surface area contributed by atoms with Gasteiger partial charge in [-0.1, -0.05) is 17.7 Å². The monoisotopic (exact) mass is 293 g/mol. The van der Waals surface area contributed by atoms with Crippen molar-refractivity contribution >= 4 is 23.2 Å². The Labute approximate surface area is 123 Å². The lowest BCUT2D eigenvalue weighted by atomic mass is 10.2. The molecule has 0 aromatic heterocycles. The summed E-state index contributed by atoms with van der Waals surface area (Å²) < 4.78 is 0. The molecular formula is C14H16ClN3O2. The largest absolute Gasteiger partial charge is 0.395 e. The Kier molecular flexibility index (Phi) is 6.57. The van der Waals surface area contributed by atoms with Crippen LogP contribution in [0.5, 0.6) is 0 Å². The van der Waals surface area contributed by atoms with Crippen molar-refractivity contribution in [1.29, 1.82) is 5.26 Å². The molecule has 0 fully saturated rings. The van der Waals surface area contributed by atoms with Crippen molar-refractivity contribution in [2.24, 2.45) is 0 Å². The van der Waals surface area contributed by atoms with Crippen LogP contribution in [0.25, 0.3) is 0 Å². The molecule has 2 N–H and O–H groups in total. The number of anilines is 1. The topological polar surface area (TPSA) is 76.4 Å². The van der Waals surface area contributed by atoms with Gasteiger partial charge in [0, 0.05) is 30.0 Å². The van der Waals surface area contributed by atoms with Crippen LogP contribution in [0.4, 0.5) is 5.69 Å². The van der Waals surface area contributed by atoms with Gasteiger partial charge in [-0.05, 0) is 25.1 Å². The van der Waals surface area contributed by atoms with Crippen LogP contribution in [-0.2, 0) is 4.79 Å². The van der Waals surface area contributed by atoms with Gasteiger partial charge in [-0.2, -0.15) is 5.26 Å². The quantitative estimate of drug-likeness (QED) is 0.621. The lowest BCUT2D eigenvalue weighted by Gasteiger charge is -2.17. The molecule has 0 saturated heterocycles. The van der Waals surface area contributed by atoms with Gasteiger partial charge < -0.3 is 15.3 Å². The van der Waals surface area contributed by atoms with Crippen LogP contribution in [0.2, 0.25) is 5.02 Å². The van der Waals surface area contributed by atoms with Crippen molar-refractivity contribution in [3.05, 3.63) is 41.1 Å². The molecule has 1 aromatic rings. The van der Waals surface area contributed by atoms with E-state index in [9.17, 15) is 4.79 Å². The smallest absolute Gasteiger partial charge is 0.267 e. The van der Waals surface area contributed by atoms with Crippen molar-refractivity contribution < 1.29 is 9.90 Å². The highest BCUT2D eigenvalue weighted by atomic mass is 35.5. The first-order valence-corrected chi connectivity index (χ1v) is 6.52. The number of halogens is 1. The number of carbonyl (C=O) groups is 1. The fraction of sp³-hybridized carbons (Fsp3) is 0.286. The molecule has 0 radical (unpaired) electrons. The summed E-state index contributed by atoms with van der Waals surface area (Å²) in [5.41, 5.74) is 0.495. The van der Waals surface area contributed by atoms with Crippen LogP contribution in [0.1, 0.15) is 6.92 Å². The number of aliphatic hydroxyl groups excluding tert-OH is 1. The molecule has 6 heteroatoms. The summed E-state index contributed by atoms with van der Waals surface area (Å²) in [6.07, 6.45) is 1.44. The van der Waals surface area contributed by atoms with Gasteiger partial charge in [0.15, 0.2) is 0 Å². The van der Waals surface area contributed by atoms with Crippen molar-refractivity contribution in [2.75, 3.05) is 25.0 Å². The second-order valence-corrected chi connectivity index (χ2v) is 4.41. The Balaban J connectivity index is 2.82. The van der Waals surface area contributed by atoms with Crippen molar-refractivity contribution in [2.45, 2.75) is 6.92 Å². The van der Waals surface area contributed by atoms with Crippen LogP contribution in [-0.4, -0.2) is 35.6 Å². The highest BCUT2D eigenvalue weighted by Crippen LogP contribution is 2.15. The molecule has 0 unspecified atom stereocenters. The molecule has 0 heterocycles. The number of hydrogen-bond donors (Lipinski definition) is 2. The molecule has 0 aliphatic heterocycles. The summed E-state index contributed by atoms with van der Waals surface area (Å²) in [5.74, 6) is -0.508. The van der Waals surface area contributed by atoms with Gasteiger partial charge in [-0.3, -0.25) is 4.79 Å². The number of amides is 1. The second-order valence-electron chi connectivity index (χ2n) is 3.97. The van der Waals surface area contributed by atoms with Gasteiger partial charge in [-0.15, -0.1) is 0 Å². The first-order chi connectivity index (χ1) is 9.60. The molecule has 0 atom stereocenters. The van der Waals surface area contributed by atoms with E-state index >= 15 is 0 Å². The van der Waals surface area contributed by atoms with E-state index in [0.717, 1.165) is 0 Å². The Morgan fingerprint density at radius 1 is 1.60 bits per heavy atom. The Hall–Kier alpha value is -2.03. The van der Waals surface area contributed by atoms with E-state index in [-0.39, 0.29) is 12.2 Å². The summed E-state index contributed by atoms with van der Waals surface area (Å²) in [4.78, 5) is 13.7. The fourth-order valence-electron chi connectivity index (χ4n) is 1.53. The number of hydrogen-bond acceptors (Lipinski definition) is 4. The van der Waals surface area contributed by atoms with Crippen LogP contribution in [0, 0.1) is 11.3 Å². The molecule has 1 rings (SSSR count). The van der Waals surface area contributed by atoms with Gasteiger partial charge in [0.2, 0.25) is 0 Å². The molecule has 0 spiro atoms. The van der Waals surface area contributed by atoms with Crippen molar-refractivity contribution in [3.63, 3.8) is 0 Å². The molecule has 0 bridgehead atoms. The SMILES string of the molecule is CCN(/C=C(/C#N)C(=O)Nc1cccc(Cl)c1)CCO. The molecule has 20 heavy (non-hydrogen) atoms. The minimum atomic E-state index is -0.508. The Morgan fingerprint density at radius 2 is 2.35 bits per heavy atom. The third-order valence-corrected chi connectivity index (χ3v) is 2.79. The predicted octanol–water partition coefficient (Wildman–Crippen LogP) is 2.00. The standard InChI is InChI=1S/C14H16ClN3O2/c1-2-18(6-7-19)10-11(9-16)14(20)17-13-5-3-4-12(15)8-13/h3-5,8,10,19H,2,6-7H2,1H3,(H,17,20)/b11-10-. The third kappa shape index (κ3) is 4.92. The van der Waals surface area contributed by atoms with E-state index < -0.39 is 5.91 Å². The maximum absolute atomic E-state index is 12.0. The van der Waals surface area contributed by atoms with E-state index in [4.69, 9.17) is 22.0 Å². The Bertz CT molecular complexity index is 537. The van der Waals surface area contributed by atoms with Gasteiger partial charge in [0.05, 0.1) is 6.61 Å². The highest BCUT2D eigenvalue weighted by Gasteiger charge is 2.11. The number of aliphatic hydroxyl groups is 1.